The molecule has 1 saturated heterocycles. The van der Waals surface area contributed by atoms with Crippen LogP contribution < -0.4 is 5.32 Å². The average Bonchev–Trinajstić information content (AvgIpc) is 2.44. The minimum Gasteiger partial charge on any atom is -0.369 e. The first kappa shape index (κ1) is 15.4. The van der Waals surface area contributed by atoms with Gasteiger partial charge in [-0.05, 0) is 32.7 Å². The van der Waals surface area contributed by atoms with Gasteiger partial charge in [0.25, 0.3) is 5.91 Å². The Kier molecular flexibility index (Phi) is 5.60. The van der Waals surface area contributed by atoms with Crippen LogP contribution in [0.1, 0.15) is 40.0 Å². The maximum Gasteiger partial charge on any atom is 0.254 e. The molecule has 1 rings (SSSR count). The SMILES string of the molecule is CCC1CN(C(=O)C(C)(CC)OC)CCC1NC. The van der Waals surface area contributed by atoms with Crippen LogP contribution in [0.5, 0.6) is 0 Å². The Morgan fingerprint density at radius 3 is 2.61 bits per heavy atom. The zero-order chi connectivity index (χ0) is 13.8. The zero-order valence-electron chi connectivity index (χ0n) is 12.5. The summed E-state index contributed by atoms with van der Waals surface area (Å²) in [5.74, 6) is 0.686. The molecule has 0 aliphatic carbocycles. The predicted molar refractivity (Wildman–Crippen MR) is 73.5 cm³/mol. The van der Waals surface area contributed by atoms with Crippen LogP contribution in [0.25, 0.3) is 0 Å². The van der Waals surface area contributed by atoms with E-state index in [-0.39, 0.29) is 5.91 Å². The molecular weight excluding hydrogens is 228 g/mol. The first-order chi connectivity index (χ1) is 8.52. The highest BCUT2D eigenvalue weighted by Crippen LogP contribution is 2.25. The Morgan fingerprint density at radius 2 is 2.17 bits per heavy atom. The van der Waals surface area contributed by atoms with Crippen LogP contribution in [0.2, 0.25) is 0 Å². The molecule has 0 aromatic rings. The van der Waals surface area contributed by atoms with Crippen molar-refractivity contribution in [2.45, 2.75) is 51.7 Å². The van der Waals surface area contributed by atoms with E-state index in [1.807, 2.05) is 25.8 Å². The molecule has 106 valence electrons. The number of amides is 1. The second-order valence-electron chi connectivity index (χ2n) is 5.39. The van der Waals surface area contributed by atoms with E-state index in [1.54, 1.807) is 7.11 Å². The number of rotatable bonds is 5. The highest BCUT2D eigenvalue weighted by atomic mass is 16.5. The number of hydrogen-bond acceptors (Lipinski definition) is 3. The van der Waals surface area contributed by atoms with Gasteiger partial charge in [-0.3, -0.25) is 4.79 Å². The summed E-state index contributed by atoms with van der Waals surface area (Å²) in [5, 5.41) is 3.36. The number of ether oxygens (including phenoxy) is 1. The van der Waals surface area contributed by atoms with Crippen molar-refractivity contribution < 1.29 is 9.53 Å². The van der Waals surface area contributed by atoms with Gasteiger partial charge in [-0.15, -0.1) is 0 Å². The van der Waals surface area contributed by atoms with E-state index < -0.39 is 5.60 Å². The average molecular weight is 256 g/mol. The van der Waals surface area contributed by atoms with Gasteiger partial charge in [-0.2, -0.15) is 0 Å². The van der Waals surface area contributed by atoms with Gasteiger partial charge >= 0.3 is 0 Å². The zero-order valence-corrected chi connectivity index (χ0v) is 12.5. The van der Waals surface area contributed by atoms with Crippen molar-refractivity contribution in [2.24, 2.45) is 5.92 Å². The smallest absolute Gasteiger partial charge is 0.254 e. The number of nitrogens with one attached hydrogen (secondary N) is 1. The number of piperidine rings is 1. The van der Waals surface area contributed by atoms with Gasteiger partial charge in [0.2, 0.25) is 0 Å². The number of hydrogen-bond donors (Lipinski definition) is 1. The fraction of sp³-hybridized carbons (Fsp3) is 0.929. The second kappa shape index (κ2) is 6.53. The molecule has 1 amide bonds. The minimum absolute atomic E-state index is 0.139. The third-order valence-electron chi connectivity index (χ3n) is 4.49. The first-order valence-electron chi connectivity index (χ1n) is 7.04. The summed E-state index contributed by atoms with van der Waals surface area (Å²) in [6.45, 7) is 7.76. The van der Waals surface area contributed by atoms with Crippen molar-refractivity contribution in [1.29, 1.82) is 0 Å². The van der Waals surface area contributed by atoms with Crippen LogP contribution in [0.3, 0.4) is 0 Å². The van der Waals surface area contributed by atoms with Crippen LogP contribution in [0.15, 0.2) is 0 Å². The molecule has 4 nitrogen and oxygen atoms in total. The summed E-state index contributed by atoms with van der Waals surface area (Å²) in [6, 6.07) is 0.537. The van der Waals surface area contributed by atoms with Crippen LogP contribution in [-0.2, 0) is 9.53 Å². The van der Waals surface area contributed by atoms with Gasteiger partial charge in [0.05, 0.1) is 0 Å². The van der Waals surface area contributed by atoms with Crippen molar-refractivity contribution in [2.75, 3.05) is 27.2 Å². The number of carbonyl (C=O) groups excluding carboxylic acids is 1. The molecule has 1 aliphatic rings. The molecule has 1 heterocycles. The summed E-state index contributed by atoms with van der Waals surface area (Å²) < 4.78 is 5.42. The molecule has 0 aromatic carbocycles. The fourth-order valence-corrected chi connectivity index (χ4v) is 2.73. The highest BCUT2D eigenvalue weighted by molar-refractivity contribution is 5.85. The Balaban J connectivity index is 2.71. The third-order valence-corrected chi connectivity index (χ3v) is 4.49. The van der Waals surface area contributed by atoms with Crippen LogP contribution in [0.4, 0.5) is 0 Å². The lowest BCUT2D eigenvalue weighted by Crippen LogP contribution is -2.55. The van der Waals surface area contributed by atoms with E-state index in [1.165, 1.54) is 0 Å². The molecule has 1 N–H and O–H groups in total. The molecular formula is C14H28N2O2. The van der Waals surface area contributed by atoms with E-state index in [4.69, 9.17) is 4.74 Å². The fourth-order valence-electron chi connectivity index (χ4n) is 2.73. The normalized spacial score (nSPS) is 27.9. The summed E-state index contributed by atoms with van der Waals surface area (Å²) in [4.78, 5) is 14.5. The Bertz CT molecular complexity index is 277. The molecule has 0 radical (unpaired) electrons. The molecule has 1 aliphatic heterocycles. The van der Waals surface area contributed by atoms with Gasteiger partial charge in [0.15, 0.2) is 0 Å². The minimum atomic E-state index is -0.662. The van der Waals surface area contributed by atoms with E-state index in [9.17, 15) is 4.79 Å². The van der Waals surface area contributed by atoms with Gasteiger partial charge in [-0.1, -0.05) is 20.3 Å². The van der Waals surface area contributed by atoms with Crippen molar-refractivity contribution in [1.82, 2.24) is 10.2 Å². The summed E-state index contributed by atoms with van der Waals surface area (Å²) in [5.41, 5.74) is -0.662. The molecule has 18 heavy (non-hydrogen) atoms. The lowest BCUT2D eigenvalue weighted by Gasteiger charge is -2.41. The quantitative estimate of drug-likeness (QED) is 0.813. The van der Waals surface area contributed by atoms with Crippen molar-refractivity contribution in [3.05, 3.63) is 0 Å². The molecule has 0 spiro atoms. The van der Waals surface area contributed by atoms with Crippen molar-refractivity contribution >= 4 is 5.91 Å². The van der Waals surface area contributed by atoms with Crippen molar-refractivity contribution in [3.8, 4) is 0 Å². The first-order valence-corrected chi connectivity index (χ1v) is 7.04. The number of methoxy groups -OCH3 is 1. The second-order valence-corrected chi connectivity index (χ2v) is 5.39. The largest absolute Gasteiger partial charge is 0.369 e. The molecule has 4 heteroatoms. The van der Waals surface area contributed by atoms with E-state index in [0.717, 1.165) is 25.9 Å². The summed E-state index contributed by atoms with van der Waals surface area (Å²) >= 11 is 0. The van der Waals surface area contributed by atoms with Crippen LogP contribution >= 0.6 is 0 Å². The lowest BCUT2D eigenvalue weighted by atomic mass is 9.88. The number of likely N-dealkylation sites (tertiary alicyclic amines) is 1. The standard InChI is InChI=1S/C14H28N2O2/c1-6-11-10-16(9-8-12(11)15-4)13(17)14(3,7-2)18-5/h11-12,15H,6-10H2,1-5H3. The van der Waals surface area contributed by atoms with E-state index in [0.29, 0.717) is 18.4 Å². The Morgan fingerprint density at radius 1 is 1.50 bits per heavy atom. The van der Waals surface area contributed by atoms with Gasteiger partial charge < -0.3 is 15.0 Å². The van der Waals surface area contributed by atoms with E-state index >= 15 is 0 Å². The number of carbonyl (C=O) groups is 1. The van der Waals surface area contributed by atoms with Crippen LogP contribution in [0, 0.1) is 5.92 Å². The van der Waals surface area contributed by atoms with Gasteiger partial charge in [-0.25, -0.2) is 0 Å². The molecule has 0 aromatic heterocycles. The molecule has 0 saturated carbocycles. The van der Waals surface area contributed by atoms with Gasteiger partial charge in [0.1, 0.15) is 5.60 Å². The molecule has 1 fully saturated rings. The molecule has 0 bridgehead atoms. The molecule has 3 unspecified atom stereocenters. The number of nitrogens with zero attached hydrogens (tertiary/aromatic N) is 1. The van der Waals surface area contributed by atoms with Crippen LogP contribution in [-0.4, -0.2) is 49.7 Å². The Hall–Kier alpha value is -0.610. The Labute approximate surface area is 111 Å². The monoisotopic (exact) mass is 256 g/mol. The molecule has 3 atom stereocenters. The summed E-state index contributed by atoms with van der Waals surface area (Å²) in [7, 11) is 3.63. The maximum absolute atomic E-state index is 12.5. The van der Waals surface area contributed by atoms with Crippen molar-refractivity contribution in [3.63, 3.8) is 0 Å². The van der Waals surface area contributed by atoms with Gasteiger partial charge in [0, 0.05) is 26.2 Å². The van der Waals surface area contributed by atoms with E-state index in [2.05, 4.69) is 12.2 Å². The lowest BCUT2D eigenvalue weighted by molar-refractivity contribution is -0.155. The third kappa shape index (κ3) is 3.04. The maximum atomic E-state index is 12.5. The summed E-state index contributed by atoms with van der Waals surface area (Å²) in [6.07, 6.45) is 2.85. The predicted octanol–water partition coefficient (Wildman–Crippen LogP) is 1.65. The topological polar surface area (TPSA) is 41.6 Å². The highest BCUT2D eigenvalue weighted by Gasteiger charge is 2.38.